The van der Waals surface area contributed by atoms with E-state index in [-0.39, 0.29) is 5.82 Å². The van der Waals surface area contributed by atoms with Crippen molar-refractivity contribution in [1.29, 1.82) is 0 Å². The highest BCUT2D eigenvalue weighted by atomic mass is 19.1. The monoisotopic (exact) mass is 334 g/mol. The van der Waals surface area contributed by atoms with Crippen molar-refractivity contribution in [2.75, 3.05) is 6.54 Å². The third-order valence-corrected chi connectivity index (χ3v) is 5.53. The molecule has 25 heavy (non-hydrogen) atoms. The smallest absolute Gasteiger partial charge is 0.143 e. The van der Waals surface area contributed by atoms with Gasteiger partial charge in [0.25, 0.3) is 0 Å². The molecule has 0 bridgehead atoms. The first-order valence-electron chi connectivity index (χ1n) is 8.83. The molecular formula is C21H19FN2O. The lowest BCUT2D eigenvalue weighted by Crippen LogP contribution is -2.39. The first-order valence-corrected chi connectivity index (χ1v) is 8.83. The van der Waals surface area contributed by atoms with E-state index in [1.54, 1.807) is 12.1 Å². The van der Waals surface area contributed by atoms with Crippen LogP contribution < -0.4 is 0 Å². The SMILES string of the molecule is Fc1ccccc1-c1noc2c1CN(C1Cc3ccccc3C1)CC2. The average molecular weight is 334 g/mol. The van der Waals surface area contributed by atoms with Gasteiger partial charge in [-0.3, -0.25) is 4.90 Å². The van der Waals surface area contributed by atoms with E-state index in [9.17, 15) is 4.39 Å². The van der Waals surface area contributed by atoms with Crippen LogP contribution in [0.2, 0.25) is 0 Å². The van der Waals surface area contributed by atoms with E-state index in [2.05, 4.69) is 34.3 Å². The Morgan fingerprint density at radius 1 is 1.00 bits per heavy atom. The maximum atomic E-state index is 14.2. The van der Waals surface area contributed by atoms with Gasteiger partial charge in [-0.05, 0) is 36.1 Å². The van der Waals surface area contributed by atoms with Crippen molar-refractivity contribution >= 4 is 0 Å². The Morgan fingerprint density at radius 3 is 2.48 bits per heavy atom. The standard InChI is InChI=1S/C21H19FN2O/c22-19-8-4-3-7-17(19)21-18-13-24(10-9-20(18)25-23-21)16-11-14-5-1-2-6-15(14)12-16/h1-8,16H,9-13H2. The zero-order chi connectivity index (χ0) is 16.8. The van der Waals surface area contributed by atoms with Crippen molar-refractivity contribution < 1.29 is 8.91 Å². The van der Waals surface area contributed by atoms with Crippen molar-refractivity contribution in [2.24, 2.45) is 0 Å². The second-order valence-corrected chi connectivity index (χ2v) is 6.96. The van der Waals surface area contributed by atoms with E-state index < -0.39 is 0 Å². The Hall–Kier alpha value is -2.46. The van der Waals surface area contributed by atoms with Crippen molar-refractivity contribution in [3.8, 4) is 11.3 Å². The fourth-order valence-electron chi connectivity index (χ4n) is 4.20. The highest BCUT2D eigenvalue weighted by Crippen LogP contribution is 2.34. The molecular weight excluding hydrogens is 315 g/mol. The van der Waals surface area contributed by atoms with Gasteiger partial charge in [-0.25, -0.2) is 4.39 Å². The summed E-state index contributed by atoms with van der Waals surface area (Å²) < 4.78 is 19.7. The van der Waals surface area contributed by atoms with E-state index in [0.717, 1.165) is 43.7 Å². The molecule has 2 heterocycles. The number of nitrogens with zero attached hydrogens (tertiary/aromatic N) is 2. The van der Waals surface area contributed by atoms with Crippen molar-refractivity contribution in [3.63, 3.8) is 0 Å². The largest absolute Gasteiger partial charge is 0.360 e. The van der Waals surface area contributed by atoms with Crippen LogP contribution in [-0.4, -0.2) is 22.6 Å². The second-order valence-electron chi connectivity index (χ2n) is 6.96. The van der Waals surface area contributed by atoms with Gasteiger partial charge in [-0.1, -0.05) is 41.6 Å². The van der Waals surface area contributed by atoms with Crippen LogP contribution in [0.25, 0.3) is 11.3 Å². The number of hydrogen-bond acceptors (Lipinski definition) is 3. The fourth-order valence-corrected chi connectivity index (χ4v) is 4.20. The molecule has 126 valence electrons. The molecule has 3 nitrogen and oxygen atoms in total. The van der Waals surface area contributed by atoms with Gasteiger partial charge in [0, 0.05) is 36.7 Å². The van der Waals surface area contributed by atoms with Crippen LogP contribution in [-0.2, 0) is 25.8 Å². The predicted molar refractivity (Wildman–Crippen MR) is 93.6 cm³/mol. The maximum absolute atomic E-state index is 14.2. The molecule has 0 amide bonds. The van der Waals surface area contributed by atoms with Gasteiger partial charge in [0.15, 0.2) is 0 Å². The zero-order valence-electron chi connectivity index (χ0n) is 13.9. The Kier molecular flexibility index (Phi) is 3.45. The Labute approximate surface area is 146 Å². The Balaban J connectivity index is 1.44. The first-order chi connectivity index (χ1) is 12.3. The second kappa shape index (κ2) is 5.81. The molecule has 1 aliphatic heterocycles. The van der Waals surface area contributed by atoms with Gasteiger partial charge in [0.1, 0.15) is 17.3 Å². The van der Waals surface area contributed by atoms with E-state index in [0.29, 0.717) is 17.3 Å². The Bertz CT molecular complexity index is 908. The molecule has 1 aromatic heterocycles. The number of benzene rings is 2. The lowest BCUT2D eigenvalue weighted by Gasteiger charge is -2.31. The zero-order valence-corrected chi connectivity index (χ0v) is 13.9. The summed E-state index contributed by atoms with van der Waals surface area (Å²) in [6.07, 6.45) is 3.02. The van der Waals surface area contributed by atoms with Crippen molar-refractivity contribution in [1.82, 2.24) is 10.1 Å². The van der Waals surface area contributed by atoms with Crippen molar-refractivity contribution in [2.45, 2.75) is 31.8 Å². The molecule has 0 saturated heterocycles. The summed E-state index contributed by atoms with van der Waals surface area (Å²) in [5, 5.41) is 4.19. The number of aromatic nitrogens is 1. The van der Waals surface area contributed by atoms with Gasteiger partial charge in [-0.2, -0.15) is 0 Å². The highest BCUT2D eigenvalue weighted by molar-refractivity contribution is 5.64. The molecule has 1 aliphatic carbocycles. The Morgan fingerprint density at radius 2 is 1.72 bits per heavy atom. The lowest BCUT2D eigenvalue weighted by atomic mass is 9.99. The molecule has 0 spiro atoms. The minimum atomic E-state index is -0.246. The molecule has 0 radical (unpaired) electrons. The molecule has 0 unspecified atom stereocenters. The average Bonchev–Trinajstić information content (AvgIpc) is 3.25. The molecule has 2 aromatic carbocycles. The van der Waals surface area contributed by atoms with Crippen LogP contribution in [0.3, 0.4) is 0 Å². The van der Waals surface area contributed by atoms with Gasteiger partial charge in [-0.15, -0.1) is 0 Å². The molecule has 0 saturated carbocycles. The van der Waals surface area contributed by atoms with Gasteiger partial charge >= 0.3 is 0 Å². The van der Waals surface area contributed by atoms with Crippen molar-refractivity contribution in [3.05, 3.63) is 76.8 Å². The molecule has 2 aliphatic rings. The third-order valence-electron chi connectivity index (χ3n) is 5.53. The van der Waals surface area contributed by atoms with Crippen LogP contribution in [0.5, 0.6) is 0 Å². The third kappa shape index (κ3) is 2.48. The summed E-state index contributed by atoms with van der Waals surface area (Å²) in [6.45, 7) is 1.75. The topological polar surface area (TPSA) is 29.3 Å². The molecule has 3 aromatic rings. The minimum absolute atomic E-state index is 0.246. The predicted octanol–water partition coefficient (Wildman–Crippen LogP) is 4.01. The summed E-state index contributed by atoms with van der Waals surface area (Å²) in [5.41, 5.74) is 5.15. The number of hydrogen-bond donors (Lipinski definition) is 0. The van der Waals surface area contributed by atoms with E-state index in [1.807, 2.05) is 6.07 Å². The number of halogens is 1. The summed E-state index contributed by atoms with van der Waals surface area (Å²) in [7, 11) is 0. The molecule has 4 heteroatoms. The van der Waals surface area contributed by atoms with E-state index in [4.69, 9.17) is 4.52 Å². The first kappa shape index (κ1) is 14.8. The summed E-state index contributed by atoms with van der Waals surface area (Å²) in [5.74, 6) is 0.661. The summed E-state index contributed by atoms with van der Waals surface area (Å²) >= 11 is 0. The van der Waals surface area contributed by atoms with Crippen LogP contribution in [0.4, 0.5) is 4.39 Å². The van der Waals surface area contributed by atoms with E-state index >= 15 is 0 Å². The fraction of sp³-hybridized carbons (Fsp3) is 0.286. The highest BCUT2D eigenvalue weighted by Gasteiger charge is 2.32. The summed E-state index contributed by atoms with van der Waals surface area (Å²) in [4.78, 5) is 2.50. The van der Waals surface area contributed by atoms with E-state index in [1.165, 1.54) is 17.2 Å². The molecule has 0 N–H and O–H groups in total. The maximum Gasteiger partial charge on any atom is 0.143 e. The van der Waals surface area contributed by atoms with Crippen LogP contribution >= 0.6 is 0 Å². The molecule has 0 fully saturated rings. The number of fused-ring (bicyclic) bond motifs is 2. The van der Waals surface area contributed by atoms with Crippen LogP contribution in [0.1, 0.15) is 22.5 Å². The van der Waals surface area contributed by atoms with Crippen LogP contribution in [0.15, 0.2) is 53.1 Å². The van der Waals surface area contributed by atoms with Gasteiger partial charge in [0.05, 0.1) is 0 Å². The summed E-state index contributed by atoms with van der Waals surface area (Å²) in [6, 6.07) is 16.0. The van der Waals surface area contributed by atoms with Gasteiger partial charge in [0.2, 0.25) is 0 Å². The lowest BCUT2D eigenvalue weighted by molar-refractivity contribution is 0.174. The van der Waals surface area contributed by atoms with Gasteiger partial charge < -0.3 is 4.52 Å². The molecule has 5 rings (SSSR count). The van der Waals surface area contributed by atoms with Crippen LogP contribution in [0, 0.1) is 5.82 Å². The quantitative estimate of drug-likeness (QED) is 0.709. The normalized spacial score (nSPS) is 17.5. The minimum Gasteiger partial charge on any atom is -0.360 e. The molecule has 0 atom stereocenters. The number of rotatable bonds is 2.